The van der Waals surface area contributed by atoms with Crippen molar-refractivity contribution >= 4 is 28.4 Å². The Bertz CT molecular complexity index is 1170. The third-order valence-electron chi connectivity index (χ3n) is 6.25. The second kappa shape index (κ2) is 7.36. The molecule has 3 aromatic rings. The normalized spacial score (nSPS) is 19.3. The first-order chi connectivity index (χ1) is 14.5. The lowest BCUT2D eigenvalue weighted by Gasteiger charge is -2.27. The topological polar surface area (TPSA) is 79.2 Å². The Morgan fingerprint density at radius 1 is 1.20 bits per heavy atom. The smallest absolute Gasteiger partial charge is 0.274 e. The Morgan fingerprint density at radius 2 is 2.07 bits per heavy atom. The van der Waals surface area contributed by atoms with E-state index >= 15 is 0 Å². The molecule has 0 amide bonds. The first-order valence-electron chi connectivity index (χ1n) is 10.5. The predicted octanol–water partition coefficient (Wildman–Crippen LogP) is 2.30. The van der Waals surface area contributed by atoms with Crippen LogP contribution in [0.4, 0.5) is 17.5 Å². The van der Waals surface area contributed by atoms with Gasteiger partial charge in [0.05, 0.1) is 0 Å². The van der Waals surface area contributed by atoms with E-state index in [9.17, 15) is 4.79 Å². The van der Waals surface area contributed by atoms with Gasteiger partial charge in [-0.25, -0.2) is 15.0 Å². The fourth-order valence-electron chi connectivity index (χ4n) is 4.54. The number of hydrogen-bond acceptors (Lipinski definition) is 7. The Balaban J connectivity index is 1.53. The quantitative estimate of drug-likeness (QED) is 0.716. The zero-order valence-corrected chi connectivity index (χ0v) is 17.7. The molecule has 30 heavy (non-hydrogen) atoms. The Kier molecular flexibility index (Phi) is 4.66. The molecule has 0 bridgehead atoms. The molecule has 156 valence electrons. The molecular weight excluding hydrogens is 378 g/mol. The van der Waals surface area contributed by atoms with Crippen LogP contribution in [0.2, 0.25) is 0 Å². The zero-order chi connectivity index (χ0) is 20.8. The van der Waals surface area contributed by atoms with Crippen LogP contribution in [0.5, 0.6) is 0 Å². The van der Waals surface area contributed by atoms with Gasteiger partial charge in [-0.05, 0) is 37.1 Å². The molecule has 5 heterocycles. The summed E-state index contributed by atoms with van der Waals surface area (Å²) in [5.41, 5.74) is 3.55. The molecule has 1 unspecified atom stereocenters. The average molecular weight is 406 g/mol. The van der Waals surface area contributed by atoms with E-state index in [2.05, 4.69) is 39.1 Å². The Hall–Kier alpha value is -3.00. The lowest BCUT2D eigenvalue weighted by Crippen LogP contribution is -2.33. The van der Waals surface area contributed by atoms with E-state index in [0.29, 0.717) is 17.6 Å². The van der Waals surface area contributed by atoms with Gasteiger partial charge in [-0.2, -0.15) is 0 Å². The van der Waals surface area contributed by atoms with Crippen LogP contribution in [-0.4, -0.2) is 51.1 Å². The number of pyridine rings is 2. The summed E-state index contributed by atoms with van der Waals surface area (Å²) in [4.78, 5) is 31.3. The van der Waals surface area contributed by atoms with Crippen LogP contribution in [0.15, 0.2) is 29.3 Å². The van der Waals surface area contributed by atoms with Crippen molar-refractivity contribution in [3.8, 4) is 0 Å². The second-order valence-corrected chi connectivity index (χ2v) is 8.61. The summed E-state index contributed by atoms with van der Waals surface area (Å²) in [6.45, 7) is 6.02. The van der Waals surface area contributed by atoms with Gasteiger partial charge in [-0.15, -0.1) is 0 Å². The lowest BCUT2D eigenvalue weighted by atomic mass is 10.1. The molecule has 1 saturated heterocycles. The minimum absolute atomic E-state index is 0.0539. The number of nitrogens with zero attached hydrogens (tertiary/aromatic N) is 6. The average Bonchev–Trinajstić information content (AvgIpc) is 3.17. The maximum atomic E-state index is 12.9. The summed E-state index contributed by atoms with van der Waals surface area (Å²) in [5.74, 6) is 1.96. The molecule has 0 aromatic carbocycles. The van der Waals surface area contributed by atoms with E-state index in [-0.39, 0.29) is 5.56 Å². The number of fused-ring (bicyclic) bond motifs is 2. The minimum Gasteiger partial charge on any atom is -0.355 e. The van der Waals surface area contributed by atoms with Crippen LogP contribution in [0.25, 0.3) is 10.9 Å². The minimum atomic E-state index is -0.0539. The molecule has 1 fully saturated rings. The molecule has 8 nitrogen and oxygen atoms in total. The Labute approximate surface area is 175 Å². The largest absolute Gasteiger partial charge is 0.355 e. The first kappa shape index (κ1) is 19.0. The van der Waals surface area contributed by atoms with Gasteiger partial charge >= 0.3 is 0 Å². The van der Waals surface area contributed by atoms with Crippen molar-refractivity contribution < 1.29 is 0 Å². The number of likely N-dealkylation sites (N-methyl/N-ethyl adjacent to an activating group) is 1. The molecular formula is C22H27N7O. The number of aromatic nitrogens is 4. The third-order valence-corrected chi connectivity index (χ3v) is 6.25. The van der Waals surface area contributed by atoms with Crippen molar-refractivity contribution in [2.75, 3.05) is 36.9 Å². The summed E-state index contributed by atoms with van der Waals surface area (Å²) >= 11 is 0. The highest BCUT2D eigenvalue weighted by Gasteiger charge is 2.23. The standard InChI is InChI=1S/C22H27N7O/c1-14-5-9-29(12-14)20-19-15(4-7-23-20)11-24-22(26-19)25-17-10-16-13-27(2)8-6-18(16)28(3)21(17)30/h4,7,10-11,14H,5-6,8-9,12-13H2,1-3H3,(H,24,25,26). The van der Waals surface area contributed by atoms with Crippen molar-refractivity contribution in [1.29, 1.82) is 0 Å². The number of rotatable bonds is 3. The first-order valence-corrected chi connectivity index (χ1v) is 10.5. The molecule has 3 aromatic heterocycles. The zero-order valence-electron chi connectivity index (χ0n) is 17.7. The highest BCUT2D eigenvalue weighted by atomic mass is 16.1. The molecule has 0 spiro atoms. The maximum absolute atomic E-state index is 12.9. The van der Waals surface area contributed by atoms with E-state index in [4.69, 9.17) is 4.98 Å². The number of nitrogens with one attached hydrogen (secondary N) is 1. The van der Waals surface area contributed by atoms with Crippen molar-refractivity contribution in [1.82, 2.24) is 24.4 Å². The van der Waals surface area contributed by atoms with Gasteiger partial charge in [0.1, 0.15) is 11.2 Å². The fourth-order valence-corrected chi connectivity index (χ4v) is 4.54. The van der Waals surface area contributed by atoms with Crippen molar-refractivity contribution in [2.24, 2.45) is 13.0 Å². The Morgan fingerprint density at radius 3 is 2.87 bits per heavy atom. The van der Waals surface area contributed by atoms with E-state index in [1.165, 1.54) is 5.56 Å². The van der Waals surface area contributed by atoms with Crippen LogP contribution in [0.1, 0.15) is 24.6 Å². The highest BCUT2D eigenvalue weighted by Crippen LogP contribution is 2.28. The van der Waals surface area contributed by atoms with E-state index < -0.39 is 0 Å². The maximum Gasteiger partial charge on any atom is 0.274 e. The van der Waals surface area contributed by atoms with Crippen molar-refractivity contribution in [2.45, 2.75) is 26.3 Å². The number of anilines is 3. The van der Waals surface area contributed by atoms with Crippen LogP contribution in [0.3, 0.4) is 0 Å². The van der Waals surface area contributed by atoms with E-state index in [1.807, 2.05) is 25.4 Å². The van der Waals surface area contributed by atoms with Gasteiger partial charge in [-0.3, -0.25) is 4.79 Å². The van der Waals surface area contributed by atoms with Crippen LogP contribution in [-0.2, 0) is 20.0 Å². The monoisotopic (exact) mass is 405 g/mol. The highest BCUT2D eigenvalue weighted by molar-refractivity contribution is 5.89. The summed E-state index contributed by atoms with van der Waals surface area (Å²) < 4.78 is 1.75. The van der Waals surface area contributed by atoms with E-state index in [0.717, 1.165) is 61.4 Å². The van der Waals surface area contributed by atoms with Gasteiger partial charge in [0, 0.05) is 63.1 Å². The molecule has 0 radical (unpaired) electrons. The summed E-state index contributed by atoms with van der Waals surface area (Å²) in [5, 5.41) is 4.13. The molecule has 0 saturated carbocycles. The van der Waals surface area contributed by atoms with Crippen LogP contribution < -0.4 is 15.8 Å². The van der Waals surface area contributed by atoms with Gasteiger partial charge in [-0.1, -0.05) is 6.92 Å². The predicted molar refractivity (Wildman–Crippen MR) is 118 cm³/mol. The summed E-state index contributed by atoms with van der Waals surface area (Å²) in [6, 6.07) is 3.88. The molecule has 1 N–H and O–H groups in total. The molecule has 5 rings (SSSR count). The van der Waals surface area contributed by atoms with Gasteiger partial charge in [0.25, 0.3) is 5.56 Å². The molecule has 8 heteroatoms. The van der Waals surface area contributed by atoms with Crippen LogP contribution in [0, 0.1) is 5.92 Å². The molecule has 1 atom stereocenters. The van der Waals surface area contributed by atoms with E-state index in [1.54, 1.807) is 10.8 Å². The third kappa shape index (κ3) is 3.31. The summed E-state index contributed by atoms with van der Waals surface area (Å²) in [6.07, 6.45) is 5.65. The molecule has 2 aliphatic rings. The van der Waals surface area contributed by atoms with Gasteiger partial charge in [0.15, 0.2) is 5.82 Å². The van der Waals surface area contributed by atoms with Gasteiger partial charge in [0.2, 0.25) is 5.95 Å². The SMILES string of the molecule is CC1CCN(c2nccc3cnc(Nc4cc5c(n(C)c4=O)CCN(C)C5)nc23)C1. The lowest BCUT2D eigenvalue weighted by molar-refractivity contribution is 0.306. The van der Waals surface area contributed by atoms with Crippen LogP contribution >= 0.6 is 0 Å². The summed E-state index contributed by atoms with van der Waals surface area (Å²) in [7, 11) is 3.94. The second-order valence-electron chi connectivity index (χ2n) is 8.61. The van der Waals surface area contributed by atoms with Crippen molar-refractivity contribution in [3.63, 3.8) is 0 Å². The molecule has 2 aliphatic heterocycles. The fraction of sp³-hybridized carbons (Fsp3) is 0.455. The molecule has 0 aliphatic carbocycles. The number of hydrogen-bond donors (Lipinski definition) is 1. The van der Waals surface area contributed by atoms with Crippen molar-refractivity contribution in [3.05, 3.63) is 46.1 Å². The van der Waals surface area contributed by atoms with Gasteiger partial charge < -0.3 is 19.7 Å².